The van der Waals surface area contributed by atoms with Crippen LogP contribution in [0.15, 0.2) is 24.3 Å². The SMILES string of the molecule is COc1cccc(CN2CCCC(NC(C)C)C2)c1. The molecule has 0 saturated carbocycles. The molecule has 1 aromatic rings. The van der Waals surface area contributed by atoms with Gasteiger partial charge in [0.2, 0.25) is 0 Å². The van der Waals surface area contributed by atoms with Crippen molar-refractivity contribution in [1.29, 1.82) is 0 Å². The largest absolute Gasteiger partial charge is 0.497 e. The summed E-state index contributed by atoms with van der Waals surface area (Å²) in [5, 5.41) is 3.65. The smallest absolute Gasteiger partial charge is 0.119 e. The number of piperidine rings is 1. The fourth-order valence-electron chi connectivity index (χ4n) is 2.84. The van der Waals surface area contributed by atoms with Gasteiger partial charge in [0.15, 0.2) is 0 Å². The molecule has 19 heavy (non-hydrogen) atoms. The van der Waals surface area contributed by atoms with Gasteiger partial charge in [-0.2, -0.15) is 0 Å². The van der Waals surface area contributed by atoms with E-state index in [9.17, 15) is 0 Å². The summed E-state index contributed by atoms with van der Waals surface area (Å²) in [5.74, 6) is 0.950. The predicted molar refractivity (Wildman–Crippen MR) is 79.6 cm³/mol. The second-order valence-electron chi connectivity index (χ2n) is 5.75. The van der Waals surface area contributed by atoms with E-state index in [-0.39, 0.29) is 0 Å². The highest BCUT2D eigenvalue weighted by Crippen LogP contribution is 2.17. The number of ether oxygens (including phenoxy) is 1. The van der Waals surface area contributed by atoms with E-state index in [0.717, 1.165) is 18.8 Å². The van der Waals surface area contributed by atoms with E-state index in [4.69, 9.17) is 4.74 Å². The lowest BCUT2D eigenvalue weighted by Crippen LogP contribution is -2.47. The van der Waals surface area contributed by atoms with Crippen molar-refractivity contribution in [2.75, 3.05) is 20.2 Å². The van der Waals surface area contributed by atoms with Gasteiger partial charge in [0, 0.05) is 25.2 Å². The summed E-state index contributed by atoms with van der Waals surface area (Å²) in [4.78, 5) is 2.54. The van der Waals surface area contributed by atoms with Crippen molar-refractivity contribution in [3.8, 4) is 5.75 Å². The first-order valence-electron chi connectivity index (χ1n) is 7.28. The van der Waals surface area contributed by atoms with Gasteiger partial charge in [-0.15, -0.1) is 0 Å². The molecule has 1 aliphatic rings. The molecule has 1 fully saturated rings. The Morgan fingerprint density at radius 1 is 1.42 bits per heavy atom. The van der Waals surface area contributed by atoms with Gasteiger partial charge < -0.3 is 10.1 Å². The zero-order valence-electron chi connectivity index (χ0n) is 12.4. The molecule has 1 aromatic carbocycles. The van der Waals surface area contributed by atoms with Gasteiger partial charge >= 0.3 is 0 Å². The van der Waals surface area contributed by atoms with Crippen LogP contribution in [0.1, 0.15) is 32.3 Å². The molecule has 0 aromatic heterocycles. The minimum atomic E-state index is 0.571. The fraction of sp³-hybridized carbons (Fsp3) is 0.625. The van der Waals surface area contributed by atoms with E-state index in [1.54, 1.807) is 7.11 Å². The van der Waals surface area contributed by atoms with Gasteiger partial charge in [-0.05, 0) is 37.1 Å². The van der Waals surface area contributed by atoms with E-state index in [2.05, 4.69) is 42.3 Å². The highest BCUT2D eigenvalue weighted by molar-refractivity contribution is 5.28. The van der Waals surface area contributed by atoms with E-state index < -0.39 is 0 Å². The number of rotatable bonds is 5. The van der Waals surface area contributed by atoms with Crippen LogP contribution in [0.5, 0.6) is 5.75 Å². The molecule has 1 saturated heterocycles. The van der Waals surface area contributed by atoms with Gasteiger partial charge in [0.25, 0.3) is 0 Å². The van der Waals surface area contributed by atoms with Crippen molar-refractivity contribution in [2.45, 2.75) is 45.3 Å². The molecule has 3 nitrogen and oxygen atoms in total. The van der Waals surface area contributed by atoms with Crippen molar-refractivity contribution < 1.29 is 4.74 Å². The van der Waals surface area contributed by atoms with Crippen LogP contribution in [0.2, 0.25) is 0 Å². The second-order valence-corrected chi connectivity index (χ2v) is 5.75. The second kappa shape index (κ2) is 6.92. The average molecular weight is 262 g/mol. The Labute approximate surface area is 116 Å². The molecule has 3 heteroatoms. The van der Waals surface area contributed by atoms with Crippen LogP contribution in [0.4, 0.5) is 0 Å². The number of hydrogen-bond donors (Lipinski definition) is 1. The molecule has 0 radical (unpaired) electrons. The van der Waals surface area contributed by atoms with Crippen LogP contribution in [-0.4, -0.2) is 37.2 Å². The Balaban J connectivity index is 1.90. The van der Waals surface area contributed by atoms with Gasteiger partial charge in [-0.25, -0.2) is 0 Å². The highest BCUT2D eigenvalue weighted by Gasteiger charge is 2.20. The minimum Gasteiger partial charge on any atom is -0.497 e. The Kier molecular flexibility index (Phi) is 5.23. The van der Waals surface area contributed by atoms with Crippen LogP contribution < -0.4 is 10.1 Å². The molecular formula is C16H26N2O. The molecule has 2 rings (SSSR count). The number of likely N-dealkylation sites (tertiary alicyclic amines) is 1. The quantitative estimate of drug-likeness (QED) is 0.883. The van der Waals surface area contributed by atoms with Crippen molar-refractivity contribution in [2.24, 2.45) is 0 Å². The third-order valence-electron chi connectivity index (χ3n) is 3.61. The summed E-state index contributed by atoms with van der Waals surface area (Å²) in [6, 6.07) is 9.60. The van der Waals surface area contributed by atoms with Crippen LogP contribution in [0.3, 0.4) is 0 Å². The number of hydrogen-bond acceptors (Lipinski definition) is 3. The lowest BCUT2D eigenvalue weighted by atomic mass is 10.0. The molecule has 0 spiro atoms. The molecule has 0 aliphatic carbocycles. The average Bonchev–Trinajstić information content (AvgIpc) is 2.38. The van der Waals surface area contributed by atoms with Gasteiger partial charge in [-0.3, -0.25) is 4.90 Å². The number of nitrogens with one attached hydrogen (secondary N) is 1. The summed E-state index contributed by atoms with van der Waals surface area (Å²) in [5.41, 5.74) is 1.34. The van der Waals surface area contributed by atoms with Crippen LogP contribution in [0.25, 0.3) is 0 Å². The lowest BCUT2D eigenvalue weighted by Gasteiger charge is -2.34. The Hall–Kier alpha value is -1.06. The Morgan fingerprint density at radius 2 is 2.26 bits per heavy atom. The van der Waals surface area contributed by atoms with Crippen LogP contribution >= 0.6 is 0 Å². The number of methoxy groups -OCH3 is 1. The van der Waals surface area contributed by atoms with Crippen molar-refractivity contribution >= 4 is 0 Å². The minimum absolute atomic E-state index is 0.571. The molecule has 1 atom stereocenters. The number of benzene rings is 1. The lowest BCUT2D eigenvalue weighted by molar-refractivity contribution is 0.178. The Bertz CT molecular complexity index is 392. The predicted octanol–water partition coefficient (Wildman–Crippen LogP) is 2.66. The summed E-state index contributed by atoms with van der Waals surface area (Å²) < 4.78 is 5.29. The Morgan fingerprint density at radius 3 is 3.00 bits per heavy atom. The van der Waals surface area contributed by atoms with E-state index >= 15 is 0 Å². The molecule has 1 N–H and O–H groups in total. The molecule has 0 amide bonds. The standard InChI is InChI=1S/C16H26N2O/c1-13(2)17-15-7-5-9-18(12-15)11-14-6-4-8-16(10-14)19-3/h4,6,8,10,13,15,17H,5,7,9,11-12H2,1-3H3. The third-order valence-corrected chi connectivity index (χ3v) is 3.61. The topological polar surface area (TPSA) is 24.5 Å². The van der Waals surface area contributed by atoms with Crippen molar-refractivity contribution in [1.82, 2.24) is 10.2 Å². The highest BCUT2D eigenvalue weighted by atomic mass is 16.5. The summed E-state index contributed by atoms with van der Waals surface area (Å²) >= 11 is 0. The molecule has 1 aliphatic heterocycles. The van der Waals surface area contributed by atoms with Crippen molar-refractivity contribution in [3.05, 3.63) is 29.8 Å². The van der Waals surface area contributed by atoms with Gasteiger partial charge in [0.05, 0.1) is 7.11 Å². The first kappa shape index (κ1) is 14.4. The first-order valence-corrected chi connectivity index (χ1v) is 7.28. The maximum Gasteiger partial charge on any atom is 0.119 e. The van der Waals surface area contributed by atoms with Crippen LogP contribution in [0, 0.1) is 0 Å². The fourth-order valence-corrected chi connectivity index (χ4v) is 2.84. The summed E-state index contributed by atoms with van der Waals surface area (Å²) in [7, 11) is 1.72. The summed E-state index contributed by atoms with van der Waals surface area (Å²) in [6.07, 6.45) is 2.58. The van der Waals surface area contributed by atoms with Gasteiger partial charge in [0.1, 0.15) is 5.75 Å². The molecular weight excluding hydrogens is 236 g/mol. The molecule has 1 unspecified atom stereocenters. The zero-order valence-corrected chi connectivity index (χ0v) is 12.4. The maximum absolute atomic E-state index is 5.29. The van der Waals surface area contributed by atoms with E-state index in [1.165, 1.54) is 24.9 Å². The third kappa shape index (κ3) is 4.51. The van der Waals surface area contributed by atoms with Crippen molar-refractivity contribution in [3.63, 3.8) is 0 Å². The molecule has 106 valence electrons. The van der Waals surface area contributed by atoms with E-state index in [1.807, 2.05) is 6.07 Å². The summed E-state index contributed by atoms with van der Waals surface area (Å²) in [6.45, 7) is 7.82. The number of nitrogens with zero attached hydrogens (tertiary/aromatic N) is 1. The molecule has 1 heterocycles. The normalized spacial score (nSPS) is 20.7. The van der Waals surface area contributed by atoms with Crippen LogP contribution in [-0.2, 0) is 6.54 Å². The molecule has 0 bridgehead atoms. The van der Waals surface area contributed by atoms with Gasteiger partial charge in [-0.1, -0.05) is 26.0 Å². The zero-order chi connectivity index (χ0) is 13.7. The monoisotopic (exact) mass is 262 g/mol. The maximum atomic E-state index is 5.29. The first-order chi connectivity index (χ1) is 9.17. The van der Waals surface area contributed by atoms with E-state index in [0.29, 0.717) is 12.1 Å².